The molecule has 5 heteroatoms. The summed E-state index contributed by atoms with van der Waals surface area (Å²) in [6.07, 6.45) is 1.15. The van der Waals surface area contributed by atoms with Gasteiger partial charge in [-0.25, -0.2) is 4.39 Å². The quantitative estimate of drug-likeness (QED) is 0.879. The number of aromatic nitrogens is 2. The number of aryl methyl sites for hydroxylation is 1. The minimum atomic E-state index is -0.674. The first-order valence-electron chi connectivity index (χ1n) is 6.63. The molecule has 0 amide bonds. The largest absolute Gasteiger partial charge is 0.387 e. The van der Waals surface area contributed by atoms with Gasteiger partial charge < -0.3 is 10.4 Å². The van der Waals surface area contributed by atoms with Gasteiger partial charge in [-0.2, -0.15) is 5.10 Å². The Kier molecular flexibility index (Phi) is 4.52. The zero-order chi connectivity index (χ0) is 14.7. The number of hydrogen-bond acceptors (Lipinski definition) is 3. The van der Waals surface area contributed by atoms with Gasteiger partial charge in [-0.15, -0.1) is 0 Å². The van der Waals surface area contributed by atoms with E-state index in [1.54, 1.807) is 12.1 Å². The van der Waals surface area contributed by atoms with Crippen molar-refractivity contribution in [2.45, 2.75) is 32.5 Å². The second-order valence-electron chi connectivity index (χ2n) is 5.04. The van der Waals surface area contributed by atoms with Crippen molar-refractivity contribution in [2.75, 3.05) is 0 Å². The van der Waals surface area contributed by atoms with Gasteiger partial charge >= 0.3 is 0 Å². The summed E-state index contributed by atoms with van der Waals surface area (Å²) in [6, 6.07) is 5.79. The van der Waals surface area contributed by atoms with Crippen molar-refractivity contribution in [3.8, 4) is 0 Å². The summed E-state index contributed by atoms with van der Waals surface area (Å²) in [6.45, 7) is 4.55. The molecule has 0 saturated heterocycles. The number of nitrogens with zero attached hydrogens (tertiary/aromatic N) is 2. The third-order valence-electron chi connectivity index (χ3n) is 3.64. The Morgan fingerprint density at radius 3 is 2.55 bits per heavy atom. The summed E-state index contributed by atoms with van der Waals surface area (Å²) >= 11 is 0. The summed E-state index contributed by atoms with van der Waals surface area (Å²) in [7, 11) is 1.90. The predicted molar refractivity (Wildman–Crippen MR) is 75.6 cm³/mol. The Morgan fingerprint density at radius 2 is 2.00 bits per heavy atom. The highest BCUT2D eigenvalue weighted by atomic mass is 19.1. The summed E-state index contributed by atoms with van der Waals surface area (Å²) in [5, 5.41) is 17.7. The van der Waals surface area contributed by atoms with Crippen molar-refractivity contribution in [2.24, 2.45) is 7.05 Å². The number of rotatable bonds is 5. The van der Waals surface area contributed by atoms with E-state index in [1.807, 2.05) is 31.8 Å². The summed E-state index contributed by atoms with van der Waals surface area (Å²) in [5.74, 6) is -0.299. The Labute approximate surface area is 118 Å². The molecular weight excluding hydrogens is 257 g/mol. The van der Waals surface area contributed by atoms with Gasteiger partial charge in [0.1, 0.15) is 5.82 Å². The fourth-order valence-electron chi connectivity index (χ4n) is 2.05. The maximum Gasteiger partial charge on any atom is 0.123 e. The first kappa shape index (κ1) is 14.7. The Morgan fingerprint density at radius 1 is 1.35 bits per heavy atom. The molecule has 0 saturated carbocycles. The molecule has 2 atom stereocenters. The molecule has 0 aliphatic carbocycles. The monoisotopic (exact) mass is 277 g/mol. The van der Waals surface area contributed by atoms with Crippen LogP contribution in [0, 0.1) is 12.7 Å². The molecule has 4 nitrogen and oxygen atoms in total. The highest BCUT2D eigenvalue weighted by molar-refractivity contribution is 5.20. The van der Waals surface area contributed by atoms with Crippen LogP contribution >= 0.6 is 0 Å². The molecule has 1 heterocycles. The Hall–Kier alpha value is -1.72. The highest BCUT2D eigenvalue weighted by Gasteiger charge is 2.16. The Balaban J connectivity index is 1.96. The van der Waals surface area contributed by atoms with E-state index in [9.17, 15) is 9.50 Å². The first-order chi connectivity index (χ1) is 9.49. The smallest absolute Gasteiger partial charge is 0.123 e. The molecule has 1 aromatic heterocycles. The van der Waals surface area contributed by atoms with E-state index in [-0.39, 0.29) is 11.9 Å². The molecule has 2 N–H and O–H groups in total. The number of aliphatic hydroxyl groups excluding tert-OH is 1. The molecular formula is C15H20FN3O. The molecule has 108 valence electrons. The van der Waals surface area contributed by atoms with Crippen LogP contribution in [0.2, 0.25) is 0 Å². The molecule has 2 unspecified atom stereocenters. The second kappa shape index (κ2) is 6.15. The number of nitrogens with one attached hydrogen (secondary N) is 1. The van der Waals surface area contributed by atoms with Gasteiger partial charge in [-0.3, -0.25) is 4.68 Å². The van der Waals surface area contributed by atoms with E-state index in [2.05, 4.69) is 10.4 Å². The summed E-state index contributed by atoms with van der Waals surface area (Å²) in [4.78, 5) is 0. The van der Waals surface area contributed by atoms with Gasteiger partial charge in [0, 0.05) is 30.9 Å². The number of hydrogen-bond donors (Lipinski definition) is 2. The predicted octanol–water partition coefficient (Wildman–Crippen LogP) is 2.08. The Bertz CT molecular complexity index is 565. The van der Waals surface area contributed by atoms with Crippen molar-refractivity contribution in [1.82, 2.24) is 15.1 Å². The average molecular weight is 277 g/mol. The molecule has 0 spiro atoms. The van der Waals surface area contributed by atoms with E-state index in [0.29, 0.717) is 12.1 Å². The van der Waals surface area contributed by atoms with Gasteiger partial charge in [0.05, 0.1) is 12.3 Å². The lowest BCUT2D eigenvalue weighted by atomic mass is 10.0. The molecule has 0 bridgehead atoms. The van der Waals surface area contributed by atoms with Gasteiger partial charge in [-0.1, -0.05) is 12.1 Å². The van der Waals surface area contributed by atoms with Crippen molar-refractivity contribution >= 4 is 0 Å². The molecule has 20 heavy (non-hydrogen) atoms. The van der Waals surface area contributed by atoms with Crippen molar-refractivity contribution in [3.05, 3.63) is 53.1 Å². The van der Waals surface area contributed by atoms with Crippen LogP contribution in [0.15, 0.2) is 30.5 Å². The van der Waals surface area contributed by atoms with Crippen molar-refractivity contribution < 1.29 is 9.50 Å². The van der Waals surface area contributed by atoms with Crippen LogP contribution in [0.1, 0.15) is 29.8 Å². The fourth-order valence-corrected chi connectivity index (χ4v) is 2.05. The molecule has 0 aliphatic rings. The highest BCUT2D eigenvalue weighted by Crippen LogP contribution is 2.17. The average Bonchev–Trinajstić information content (AvgIpc) is 2.76. The van der Waals surface area contributed by atoms with Gasteiger partial charge in [0.2, 0.25) is 0 Å². The van der Waals surface area contributed by atoms with E-state index in [4.69, 9.17) is 0 Å². The summed E-state index contributed by atoms with van der Waals surface area (Å²) < 4.78 is 14.7. The molecule has 2 aromatic rings. The first-order valence-corrected chi connectivity index (χ1v) is 6.63. The lowest BCUT2D eigenvalue weighted by Gasteiger charge is -2.20. The van der Waals surface area contributed by atoms with Gasteiger partial charge in [0.25, 0.3) is 0 Å². The van der Waals surface area contributed by atoms with Crippen LogP contribution in [0.5, 0.6) is 0 Å². The molecule has 1 aromatic carbocycles. The maximum absolute atomic E-state index is 12.9. The normalized spacial score (nSPS) is 14.2. The zero-order valence-corrected chi connectivity index (χ0v) is 12.0. The zero-order valence-electron chi connectivity index (χ0n) is 12.0. The van der Waals surface area contributed by atoms with Crippen molar-refractivity contribution in [1.29, 1.82) is 0 Å². The minimum Gasteiger partial charge on any atom is -0.387 e. The standard InChI is InChI=1S/C15H20FN3O/c1-10(15(20)12-4-6-14(16)7-5-12)17-8-13-9-18-19(3)11(13)2/h4-7,9-10,15,17,20H,8H2,1-3H3. The van der Waals surface area contributed by atoms with Crippen LogP contribution in [0.3, 0.4) is 0 Å². The van der Waals surface area contributed by atoms with Crippen LogP contribution < -0.4 is 5.32 Å². The maximum atomic E-state index is 12.9. The number of benzene rings is 1. The third-order valence-corrected chi connectivity index (χ3v) is 3.64. The topological polar surface area (TPSA) is 50.1 Å². The van der Waals surface area contributed by atoms with Crippen LogP contribution in [0.4, 0.5) is 4.39 Å². The fraction of sp³-hybridized carbons (Fsp3) is 0.400. The van der Waals surface area contributed by atoms with Crippen LogP contribution in [0.25, 0.3) is 0 Å². The molecule has 0 radical (unpaired) electrons. The van der Waals surface area contributed by atoms with Crippen LogP contribution in [-0.2, 0) is 13.6 Å². The van der Waals surface area contributed by atoms with Crippen LogP contribution in [-0.4, -0.2) is 20.9 Å². The van der Waals surface area contributed by atoms with E-state index < -0.39 is 6.10 Å². The van der Waals surface area contributed by atoms with E-state index in [0.717, 1.165) is 11.3 Å². The van der Waals surface area contributed by atoms with Gasteiger partial charge in [-0.05, 0) is 31.5 Å². The molecule has 0 aliphatic heterocycles. The lowest BCUT2D eigenvalue weighted by Crippen LogP contribution is -2.31. The third kappa shape index (κ3) is 3.23. The molecule has 0 fully saturated rings. The van der Waals surface area contributed by atoms with E-state index in [1.165, 1.54) is 12.1 Å². The summed E-state index contributed by atoms with van der Waals surface area (Å²) in [5.41, 5.74) is 2.90. The lowest BCUT2D eigenvalue weighted by molar-refractivity contribution is 0.135. The second-order valence-corrected chi connectivity index (χ2v) is 5.04. The SMILES string of the molecule is Cc1c(CNC(C)C(O)c2ccc(F)cc2)cnn1C. The van der Waals surface area contributed by atoms with E-state index >= 15 is 0 Å². The minimum absolute atomic E-state index is 0.139. The number of halogens is 1. The molecule has 2 rings (SSSR count). The van der Waals surface area contributed by atoms with Gasteiger partial charge in [0.15, 0.2) is 0 Å². The van der Waals surface area contributed by atoms with Crippen molar-refractivity contribution in [3.63, 3.8) is 0 Å². The number of aliphatic hydroxyl groups is 1.